The van der Waals surface area contributed by atoms with Crippen molar-refractivity contribution in [3.63, 3.8) is 0 Å². The summed E-state index contributed by atoms with van der Waals surface area (Å²) in [5.41, 5.74) is 0.921. The fourth-order valence-corrected chi connectivity index (χ4v) is 1.19. The van der Waals surface area contributed by atoms with Gasteiger partial charge in [0.2, 0.25) is 0 Å². The first-order valence-corrected chi connectivity index (χ1v) is 5.57. The summed E-state index contributed by atoms with van der Waals surface area (Å²) < 4.78 is 6.98. The Morgan fingerprint density at radius 1 is 1.50 bits per heavy atom. The van der Waals surface area contributed by atoms with Gasteiger partial charge < -0.3 is 4.74 Å². The summed E-state index contributed by atoms with van der Waals surface area (Å²) in [4.78, 5) is 11.5. The minimum atomic E-state index is -0.189. The number of aromatic nitrogens is 2. The molecule has 0 spiro atoms. The van der Waals surface area contributed by atoms with Gasteiger partial charge in [-0.2, -0.15) is 5.10 Å². The number of esters is 1. The molecular formula is C12H20N2O2. The maximum atomic E-state index is 11.5. The van der Waals surface area contributed by atoms with Crippen LogP contribution in [-0.2, 0) is 22.5 Å². The lowest BCUT2D eigenvalue weighted by Gasteiger charge is -2.17. The number of nitrogens with zero attached hydrogens (tertiary/aromatic N) is 2. The van der Waals surface area contributed by atoms with Crippen LogP contribution >= 0.6 is 0 Å². The second-order valence-electron chi connectivity index (χ2n) is 5.10. The van der Waals surface area contributed by atoms with Gasteiger partial charge in [-0.15, -0.1) is 0 Å². The molecule has 1 aromatic rings. The predicted octanol–water partition coefficient (Wildman–Crippen LogP) is 2.03. The third-order valence-corrected chi connectivity index (χ3v) is 2.03. The summed E-state index contributed by atoms with van der Waals surface area (Å²) in [6, 6.07) is 0. The first-order valence-electron chi connectivity index (χ1n) is 5.57. The van der Waals surface area contributed by atoms with Crippen molar-refractivity contribution in [3.8, 4) is 0 Å². The third-order valence-electron chi connectivity index (χ3n) is 2.03. The van der Waals surface area contributed by atoms with Crippen molar-refractivity contribution in [2.75, 3.05) is 6.61 Å². The van der Waals surface area contributed by atoms with Gasteiger partial charge in [0, 0.05) is 18.3 Å². The zero-order chi connectivity index (χ0) is 12.2. The Morgan fingerprint density at radius 3 is 2.69 bits per heavy atom. The second kappa shape index (κ2) is 5.14. The maximum Gasteiger partial charge on any atom is 0.310 e. The molecule has 16 heavy (non-hydrogen) atoms. The normalized spacial score (nSPS) is 11.5. The molecule has 0 aliphatic heterocycles. The van der Waals surface area contributed by atoms with Crippen LogP contribution in [-0.4, -0.2) is 22.4 Å². The predicted molar refractivity (Wildman–Crippen MR) is 62.0 cm³/mol. The van der Waals surface area contributed by atoms with E-state index in [-0.39, 0.29) is 11.4 Å². The van der Waals surface area contributed by atoms with E-state index >= 15 is 0 Å². The van der Waals surface area contributed by atoms with E-state index in [1.807, 2.05) is 33.9 Å². The van der Waals surface area contributed by atoms with Crippen LogP contribution in [0.15, 0.2) is 12.4 Å². The number of hydrogen-bond donors (Lipinski definition) is 0. The molecule has 0 unspecified atom stereocenters. The highest BCUT2D eigenvalue weighted by Crippen LogP contribution is 2.13. The minimum absolute atomic E-state index is 0.0171. The van der Waals surface area contributed by atoms with Crippen molar-refractivity contribution in [1.82, 2.24) is 9.78 Å². The van der Waals surface area contributed by atoms with Crippen molar-refractivity contribution >= 4 is 5.97 Å². The van der Waals surface area contributed by atoms with Crippen molar-refractivity contribution in [2.45, 2.75) is 40.7 Å². The van der Waals surface area contributed by atoms with Crippen LogP contribution in [0.4, 0.5) is 0 Å². The highest BCUT2D eigenvalue weighted by Gasteiger charge is 2.14. The topological polar surface area (TPSA) is 44.1 Å². The van der Waals surface area contributed by atoms with Gasteiger partial charge in [-0.25, -0.2) is 0 Å². The third kappa shape index (κ3) is 4.47. The number of carbonyl (C=O) groups excluding carboxylic acids is 1. The van der Waals surface area contributed by atoms with Crippen LogP contribution in [0.2, 0.25) is 0 Å². The maximum absolute atomic E-state index is 11.5. The Morgan fingerprint density at radius 2 is 2.19 bits per heavy atom. The Labute approximate surface area is 96.6 Å². The molecule has 0 atom stereocenters. The summed E-state index contributed by atoms with van der Waals surface area (Å²) in [6.45, 7) is 9.39. The smallest absolute Gasteiger partial charge is 0.310 e. The molecule has 4 nitrogen and oxygen atoms in total. The van der Waals surface area contributed by atoms with Crippen molar-refractivity contribution in [2.24, 2.45) is 5.41 Å². The van der Waals surface area contributed by atoms with Crippen molar-refractivity contribution in [1.29, 1.82) is 0 Å². The van der Waals surface area contributed by atoms with Crippen molar-refractivity contribution < 1.29 is 9.53 Å². The van der Waals surface area contributed by atoms with E-state index in [9.17, 15) is 4.79 Å². The molecule has 90 valence electrons. The summed E-state index contributed by atoms with van der Waals surface area (Å²) in [5.74, 6) is -0.189. The van der Waals surface area contributed by atoms with Gasteiger partial charge in [-0.3, -0.25) is 9.48 Å². The molecular weight excluding hydrogens is 204 g/mol. The van der Waals surface area contributed by atoms with E-state index in [2.05, 4.69) is 5.10 Å². The molecule has 0 aliphatic carbocycles. The Bertz CT molecular complexity index is 350. The van der Waals surface area contributed by atoms with Crippen LogP contribution in [0.25, 0.3) is 0 Å². The highest BCUT2D eigenvalue weighted by molar-refractivity contribution is 5.72. The summed E-state index contributed by atoms with van der Waals surface area (Å²) in [6.07, 6.45) is 3.89. The molecule has 0 saturated carbocycles. The standard InChI is InChI=1S/C12H20N2O2/c1-5-14-8-10(7-13-14)6-11(15)16-9-12(2,3)4/h7-8H,5-6,9H2,1-4H3. The van der Waals surface area contributed by atoms with E-state index in [0.29, 0.717) is 13.0 Å². The molecule has 1 rings (SSSR count). The molecule has 1 aromatic heterocycles. The first-order chi connectivity index (χ1) is 7.40. The average molecular weight is 224 g/mol. The molecule has 4 heteroatoms. The highest BCUT2D eigenvalue weighted by atomic mass is 16.5. The van der Waals surface area contributed by atoms with E-state index in [0.717, 1.165) is 12.1 Å². The quantitative estimate of drug-likeness (QED) is 0.735. The van der Waals surface area contributed by atoms with Gasteiger partial charge in [-0.05, 0) is 12.3 Å². The summed E-state index contributed by atoms with van der Waals surface area (Å²) in [5, 5.41) is 4.11. The van der Waals surface area contributed by atoms with E-state index in [4.69, 9.17) is 4.74 Å². The number of hydrogen-bond acceptors (Lipinski definition) is 3. The fraction of sp³-hybridized carbons (Fsp3) is 0.667. The Hall–Kier alpha value is -1.32. The van der Waals surface area contributed by atoms with E-state index in [1.54, 1.807) is 10.9 Å². The van der Waals surface area contributed by atoms with E-state index < -0.39 is 0 Å². The lowest BCUT2D eigenvalue weighted by Crippen LogP contribution is -2.19. The zero-order valence-corrected chi connectivity index (χ0v) is 10.5. The molecule has 1 heterocycles. The number of carbonyl (C=O) groups is 1. The van der Waals surface area contributed by atoms with Crippen LogP contribution in [0.1, 0.15) is 33.3 Å². The minimum Gasteiger partial charge on any atom is -0.465 e. The van der Waals surface area contributed by atoms with Gasteiger partial charge in [0.25, 0.3) is 0 Å². The average Bonchev–Trinajstić information content (AvgIpc) is 2.61. The van der Waals surface area contributed by atoms with Gasteiger partial charge in [0.1, 0.15) is 0 Å². The fourth-order valence-electron chi connectivity index (χ4n) is 1.19. The lowest BCUT2D eigenvalue weighted by molar-refractivity contribution is -0.145. The van der Waals surface area contributed by atoms with E-state index in [1.165, 1.54) is 0 Å². The molecule has 0 radical (unpaired) electrons. The Balaban J connectivity index is 2.40. The number of aryl methyl sites for hydroxylation is 1. The van der Waals surface area contributed by atoms with Crippen LogP contribution in [0, 0.1) is 5.41 Å². The zero-order valence-electron chi connectivity index (χ0n) is 10.5. The lowest BCUT2D eigenvalue weighted by atomic mass is 9.99. The molecule has 0 fully saturated rings. The number of ether oxygens (including phenoxy) is 1. The summed E-state index contributed by atoms with van der Waals surface area (Å²) in [7, 11) is 0. The van der Waals surface area contributed by atoms with Crippen molar-refractivity contribution in [3.05, 3.63) is 18.0 Å². The molecule has 0 bridgehead atoms. The first kappa shape index (κ1) is 12.7. The van der Waals surface area contributed by atoms with Crippen LogP contribution in [0.3, 0.4) is 0 Å². The molecule has 0 aromatic carbocycles. The molecule has 0 aliphatic rings. The largest absolute Gasteiger partial charge is 0.465 e. The Kier molecular flexibility index (Phi) is 4.10. The molecule has 0 amide bonds. The van der Waals surface area contributed by atoms with Crippen LogP contribution in [0.5, 0.6) is 0 Å². The molecule has 0 saturated heterocycles. The summed E-state index contributed by atoms with van der Waals surface area (Å²) >= 11 is 0. The monoisotopic (exact) mass is 224 g/mol. The van der Waals surface area contributed by atoms with Crippen LogP contribution < -0.4 is 0 Å². The molecule has 0 N–H and O–H groups in total. The SMILES string of the molecule is CCn1cc(CC(=O)OCC(C)(C)C)cn1. The second-order valence-corrected chi connectivity index (χ2v) is 5.10. The van der Waals surface area contributed by atoms with Gasteiger partial charge in [0.05, 0.1) is 19.2 Å². The number of rotatable bonds is 4. The van der Waals surface area contributed by atoms with Gasteiger partial charge in [-0.1, -0.05) is 20.8 Å². The van der Waals surface area contributed by atoms with Gasteiger partial charge >= 0.3 is 5.97 Å². The van der Waals surface area contributed by atoms with Gasteiger partial charge in [0.15, 0.2) is 0 Å².